The number of hydrogen-bond donors (Lipinski definition) is 1. The van der Waals surface area contributed by atoms with Gasteiger partial charge in [0.25, 0.3) is 11.5 Å². The molecule has 1 N–H and O–H groups in total. The maximum Gasteiger partial charge on any atom is 0.270 e. The first-order valence-corrected chi connectivity index (χ1v) is 14.6. The zero-order valence-corrected chi connectivity index (χ0v) is 21.7. The molecule has 4 bridgehead atoms. The first kappa shape index (κ1) is 22.4. The van der Waals surface area contributed by atoms with Crippen molar-refractivity contribution in [3.63, 3.8) is 0 Å². The molecule has 2 aliphatic heterocycles. The number of amides is 1. The molecule has 6 nitrogen and oxygen atoms in total. The second kappa shape index (κ2) is 7.49. The van der Waals surface area contributed by atoms with Crippen LogP contribution in [0.2, 0.25) is 0 Å². The average molecular weight is 500 g/mol. The molecule has 6 aliphatic rings. The lowest BCUT2D eigenvalue weighted by molar-refractivity contribution is -0.122. The Morgan fingerprint density at radius 3 is 2.78 bits per heavy atom. The topological polar surface area (TPSA) is 65.8 Å². The van der Waals surface area contributed by atoms with E-state index in [2.05, 4.69) is 21.9 Å². The molecule has 8 rings (SSSR count). The number of piperidine rings is 1. The van der Waals surface area contributed by atoms with Gasteiger partial charge in [-0.3, -0.25) is 14.5 Å². The molecular weight excluding hydrogens is 462 g/mol. The molecule has 2 saturated heterocycles. The zero-order chi connectivity index (χ0) is 25.1. The number of phenols is 1. The van der Waals surface area contributed by atoms with E-state index in [1.54, 1.807) is 16.7 Å². The van der Waals surface area contributed by atoms with Crippen LogP contribution in [0.25, 0.3) is 0 Å². The van der Waals surface area contributed by atoms with E-state index in [0.29, 0.717) is 35.9 Å². The second-order valence-corrected chi connectivity index (χ2v) is 12.8. The number of hydrogen-bond acceptors (Lipinski definition) is 4. The lowest BCUT2D eigenvalue weighted by Gasteiger charge is -2.68. The fourth-order valence-corrected chi connectivity index (χ4v) is 10.6. The van der Waals surface area contributed by atoms with Crippen molar-refractivity contribution in [1.29, 1.82) is 0 Å². The molecule has 37 heavy (non-hydrogen) atoms. The Kier molecular flexibility index (Phi) is 4.53. The maximum atomic E-state index is 14.0. The molecule has 3 heterocycles. The van der Waals surface area contributed by atoms with Gasteiger partial charge in [-0.1, -0.05) is 18.6 Å². The average Bonchev–Trinajstić information content (AvgIpc) is 3.30. The van der Waals surface area contributed by atoms with Gasteiger partial charge in [-0.25, -0.2) is 0 Å². The Labute approximate surface area is 218 Å². The van der Waals surface area contributed by atoms with E-state index in [0.717, 1.165) is 44.8 Å². The van der Waals surface area contributed by atoms with Crippen molar-refractivity contribution in [2.45, 2.75) is 88.4 Å². The van der Waals surface area contributed by atoms with Crippen LogP contribution >= 0.6 is 0 Å². The van der Waals surface area contributed by atoms with Crippen LogP contribution in [0.15, 0.2) is 41.2 Å². The molecular formula is C31H37N3O3. The second-order valence-electron chi connectivity index (χ2n) is 12.8. The Hall–Kier alpha value is -2.60. The Bertz CT molecular complexity index is 1360. The molecule has 0 spiro atoms. The molecule has 194 valence electrons. The summed E-state index contributed by atoms with van der Waals surface area (Å²) in [4.78, 5) is 31.6. The summed E-state index contributed by atoms with van der Waals surface area (Å²) < 4.78 is 1.63. The van der Waals surface area contributed by atoms with Gasteiger partial charge in [-0.15, -0.1) is 0 Å². The molecule has 1 aromatic heterocycles. The summed E-state index contributed by atoms with van der Waals surface area (Å²) in [5, 5.41) is 10.7. The van der Waals surface area contributed by atoms with Crippen molar-refractivity contribution >= 4 is 5.91 Å². The highest BCUT2D eigenvalue weighted by atomic mass is 16.3. The van der Waals surface area contributed by atoms with Gasteiger partial charge < -0.3 is 14.6 Å². The number of aromatic nitrogens is 1. The fourth-order valence-electron chi connectivity index (χ4n) is 10.6. The lowest BCUT2D eigenvalue weighted by atomic mass is 9.43. The molecule has 5 fully saturated rings. The van der Waals surface area contributed by atoms with Gasteiger partial charge in [0.05, 0.1) is 0 Å². The van der Waals surface area contributed by atoms with Crippen LogP contribution in [0.1, 0.15) is 73.5 Å². The highest BCUT2D eigenvalue weighted by molar-refractivity contribution is 5.93. The molecule has 0 radical (unpaired) electrons. The van der Waals surface area contributed by atoms with Crippen LogP contribution in [0.4, 0.5) is 0 Å². The molecule has 5 unspecified atom stereocenters. The third kappa shape index (κ3) is 2.61. The summed E-state index contributed by atoms with van der Waals surface area (Å²) in [7, 11) is 0. The van der Waals surface area contributed by atoms with Gasteiger partial charge in [0.2, 0.25) is 0 Å². The van der Waals surface area contributed by atoms with E-state index in [4.69, 9.17) is 0 Å². The zero-order valence-electron chi connectivity index (χ0n) is 21.7. The molecule has 3 saturated carbocycles. The molecule has 6 heteroatoms. The van der Waals surface area contributed by atoms with Crippen molar-refractivity contribution in [2.24, 2.45) is 17.3 Å². The van der Waals surface area contributed by atoms with Crippen molar-refractivity contribution in [1.82, 2.24) is 14.4 Å². The van der Waals surface area contributed by atoms with E-state index in [1.807, 2.05) is 19.1 Å². The number of pyridine rings is 1. The summed E-state index contributed by atoms with van der Waals surface area (Å²) in [6.07, 6.45) is 9.70. The fraction of sp³-hybridized carbons (Fsp3) is 0.613. The molecule has 1 amide bonds. The van der Waals surface area contributed by atoms with Gasteiger partial charge >= 0.3 is 0 Å². The first-order chi connectivity index (χ1) is 18.0. The van der Waals surface area contributed by atoms with Crippen LogP contribution in [0, 0.1) is 17.3 Å². The van der Waals surface area contributed by atoms with Crippen LogP contribution in [0.3, 0.4) is 0 Å². The molecule has 1 aromatic carbocycles. The number of benzene rings is 1. The number of aromatic hydroxyl groups is 1. The number of rotatable bonds is 3. The monoisotopic (exact) mass is 499 g/mol. The predicted octanol–water partition coefficient (Wildman–Crippen LogP) is 3.94. The van der Waals surface area contributed by atoms with Crippen molar-refractivity contribution < 1.29 is 9.90 Å². The number of fused-ring (bicyclic) bond motifs is 1. The van der Waals surface area contributed by atoms with E-state index >= 15 is 0 Å². The molecule has 6 atom stereocenters. The van der Waals surface area contributed by atoms with Gasteiger partial charge in [0.15, 0.2) is 0 Å². The third-order valence-electron chi connectivity index (χ3n) is 11.9. The van der Waals surface area contributed by atoms with E-state index < -0.39 is 0 Å². The van der Waals surface area contributed by atoms with Gasteiger partial charge in [-0.05, 0) is 105 Å². The Balaban J connectivity index is 1.25. The minimum absolute atomic E-state index is 0.0262. The van der Waals surface area contributed by atoms with E-state index in [9.17, 15) is 14.7 Å². The highest BCUT2D eigenvalue weighted by Gasteiger charge is 2.76. The Morgan fingerprint density at radius 2 is 2.00 bits per heavy atom. The lowest BCUT2D eigenvalue weighted by Crippen LogP contribution is -2.71. The quantitative estimate of drug-likeness (QED) is 0.695. The summed E-state index contributed by atoms with van der Waals surface area (Å²) >= 11 is 0. The smallest absolute Gasteiger partial charge is 0.270 e. The largest absolute Gasteiger partial charge is 0.508 e. The van der Waals surface area contributed by atoms with Crippen molar-refractivity contribution in [3.8, 4) is 5.75 Å². The number of carbonyl (C=O) groups excluding carboxylic acids is 1. The number of phenolic OH excluding ortho intramolecular Hbond substituents is 1. The number of likely N-dealkylation sites (tertiary alicyclic amines) is 2. The number of nitrogens with zero attached hydrogens (tertiary/aromatic N) is 3. The number of carbonyl (C=O) groups is 1. The highest BCUT2D eigenvalue weighted by Crippen LogP contribution is 2.75. The molecule has 2 aromatic rings. The minimum Gasteiger partial charge on any atom is -0.508 e. The Morgan fingerprint density at radius 1 is 1.14 bits per heavy atom. The normalized spacial score (nSPS) is 37.7. The minimum atomic E-state index is -0.100. The van der Waals surface area contributed by atoms with E-state index in [1.165, 1.54) is 36.8 Å². The maximum absolute atomic E-state index is 14.0. The van der Waals surface area contributed by atoms with Crippen LogP contribution in [-0.4, -0.2) is 56.6 Å². The van der Waals surface area contributed by atoms with E-state index in [-0.39, 0.29) is 28.3 Å². The van der Waals surface area contributed by atoms with Crippen LogP contribution in [0.5, 0.6) is 5.75 Å². The van der Waals surface area contributed by atoms with Crippen molar-refractivity contribution in [2.75, 3.05) is 13.1 Å². The third-order valence-corrected chi connectivity index (χ3v) is 11.9. The van der Waals surface area contributed by atoms with Crippen LogP contribution in [-0.2, 0) is 18.4 Å². The summed E-state index contributed by atoms with van der Waals surface area (Å²) in [6, 6.07) is 12.8. The summed E-state index contributed by atoms with van der Waals surface area (Å²) in [5.41, 5.74) is 3.54. The summed E-state index contributed by atoms with van der Waals surface area (Å²) in [5.74, 6) is 1.32. The van der Waals surface area contributed by atoms with Gasteiger partial charge in [-0.2, -0.15) is 0 Å². The van der Waals surface area contributed by atoms with Crippen LogP contribution < -0.4 is 5.56 Å². The first-order valence-electron chi connectivity index (χ1n) is 14.6. The predicted molar refractivity (Wildman–Crippen MR) is 141 cm³/mol. The summed E-state index contributed by atoms with van der Waals surface area (Å²) in [6.45, 7) is 4.38. The molecule has 4 aliphatic carbocycles. The SMILES string of the molecule is CCn1c(C(=O)N2C[C@H]3CC45CCC2C3C42CCN(C3CCC3)C5Cc3ccc(O)cc32)cccc1=O. The standard InChI is InChI=1S/C31H37N3O3/c1-2-32-25(7-4-8-27(32)36)29(37)34-18-20-17-30-12-11-24(34)28(20)31(30)13-14-33(21-5-3-6-21)26(30)15-19-9-10-22(35)16-23(19)31/h4,7-10,16,20-21,24,26,28,35H,2-3,5-6,11-15,17-18H2,1H3/t20-,24?,26?,28?,30?,31?/m1/s1. The van der Waals surface area contributed by atoms with Gasteiger partial charge in [0.1, 0.15) is 11.4 Å². The van der Waals surface area contributed by atoms with Gasteiger partial charge in [0, 0.05) is 42.7 Å². The van der Waals surface area contributed by atoms with Crippen molar-refractivity contribution in [3.05, 3.63) is 63.6 Å².